The number of halogens is 1. The number of hydrogen-bond donors (Lipinski definition) is 3. The third kappa shape index (κ3) is 4.47. The molecule has 23 heavy (non-hydrogen) atoms. The number of phenolic OH excluding ortho intramolecular Hbond substituents is 1. The molecule has 2 saturated heterocycles. The van der Waals surface area contributed by atoms with Crippen molar-refractivity contribution in [3.8, 4) is 5.75 Å². The summed E-state index contributed by atoms with van der Waals surface area (Å²) in [5.74, 6) is 0.421. The van der Waals surface area contributed by atoms with Crippen LogP contribution < -0.4 is 9.80 Å². The van der Waals surface area contributed by atoms with E-state index in [1.165, 1.54) is 25.9 Å². The zero-order valence-electron chi connectivity index (χ0n) is 14.1. The lowest BCUT2D eigenvalue weighted by Gasteiger charge is -2.39. The van der Waals surface area contributed by atoms with E-state index in [1.807, 2.05) is 12.1 Å². The summed E-state index contributed by atoms with van der Waals surface area (Å²) in [4.78, 5) is 3.32. The third-order valence-electron chi connectivity index (χ3n) is 5.32. The Bertz CT molecular complexity index is 522. The number of rotatable bonds is 3. The summed E-state index contributed by atoms with van der Waals surface area (Å²) in [6, 6.07) is 6.51. The van der Waals surface area contributed by atoms with Crippen LogP contribution in [0.2, 0.25) is 0 Å². The van der Waals surface area contributed by atoms with Gasteiger partial charge in [0.2, 0.25) is 0 Å². The molecule has 0 radical (unpaired) electrons. The first kappa shape index (κ1) is 17.2. The largest absolute Gasteiger partial charge is 0.507 e. The molecule has 5 heteroatoms. The first-order chi connectivity index (χ1) is 11.0. The molecule has 2 heterocycles. The van der Waals surface area contributed by atoms with Crippen LogP contribution in [0.5, 0.6) is 5.75 Å². The smallest absolute Gasteiger partial charge is 0.124 e. The van der Waals surface area contributed by atoms with Crippen LogP contribution >= 0.6 is 15.9 Å². The van der Waals surface area contributed by atoms with Gasteiger partial charge in [0, 0.05) is 22.9 Å². The van der Waals surface area contributed by atoms with Gasteiger partial charge in [-0.2, -0.15) is 0 Å². The molecule has 0 spiro atoms. The van der Waals surface area contributed by atoms with E-state index in [0.29, 0.717) is 18.0 Å². The molecule has 3 rings (SSSR count). The Hall–Kier alpha value is -0.620. The van der Waals surface area contributed by atoms with Gasteiger partial charge < -0.3 is 19.6 Å². The van der Waals surface area contributed by atoms with Crippen molar-refractivity contribution in [2.24, 2.45) is 0 Å². The highest BCUT2D eigenvalue weighted by Gasteiger charge is 2.35. The Balaban J connectivity index is 1.53. The second-order valence-electron chi connectivity index (χ2n) is 7.30. The van der Waals surface area contributed by atoms with E-state index in [4.69, 9.17) is 4.74 Å². The summed E-state index contributed by atoms with van der Waals surface area (Å²) in [6.07, 6.45) is 3.33. The van der Waals surface area contributed by atoms with E-state index in [9.17, 15) is 5.11 Å². The second kappa shape index (κ2) is 7.51. The predicted molar refractivity (Wildman–Crippen MR) is 93.9 cm³/mol. The van der Waals surface area contributed by atoms with Crippen molar-refractivity contribution < 1.29 is 19.6 Å². The Kier molecular flexibility index (Phi) is 5.62. The van der Waals surface area contributed by atoms with Gasteiger partial charge in [0.15, 0.2) is 0 Å². The van der Waals surface area contributed by atoms with Crippen LogP contribution in [0.25, 0.3) is 0 Å². The molecular weight excluding hydrogens is 356 g/mol. The van der Waals surface area contributed by atoms with Gasteiger partial charge in [0.05, 0.1) is 19.1 Å². The maximum absolute atomic E-state index is 10.0. The average molecular weight is 385 g/mol. The number of benzene rings is 1. The maximum atomic E-state index is 10.0. The number of piperidine rings is 1. The summed E-state index contributed by atoms with van der Waals surface area (Å²) < 4.78 is 6.92. The number of likely N-dealkylation sites (tertiary alicyclic amines) is 1. The number of morpholine rings is 1. The van der Waals surface area contributed by atoms with E-state index < -0.39 is 0 Å². The van der Waals surface area contributed by atoms with Crippen LogP contribution in [0.1, 0.15) is 32.3 Å². The van der Waals surface area contributed by atoms with Gasteiger partial charge in [0.25, 0.3) is 0 Å². The Morgan fingerprint density at radius 2 is 1.83 bits per heavy atom. The maximum Gasteiger partial charge on any atom is 0.124 e. The monoisotopic (exact) mass is 384 g/mol. The molecule has 0 aliphatic carbocycles. The number of nitrogens with one attached hydrogen (secondary N) is 2. The van der Waals surface area contributed by atoms with Gasteiger partial charge in [-0.25, -0.2) is 0 Å². The average Bonchev–Trinajstić information content (AvgIpc) is 2.51. The molecule has 128 valence electrons. The summed E-state index contributed by atoms with van der Waals surface area (Å²) >= 11 is 3.50. The highest BCUT2D eigenvalue weighted by molar-refractivity contribution is 9.10. The summed E-state index contributed by atoms with van der Waals surface area (Å²) in [6.45, 7) is 10.0. The minimum Gasteiger partial charge on any atom is -0.507 e. The molecule has 0 amide bonds. The predicted octanol–water partition coefficient (Wildman–Crippen LogP) is 0.394. The molecule has 0 aromatic heterocycles. The van der Waals surface area contributed by atoms with Gasteiger partial charge in [0.1, 0.15) is 37.6 Å². The fraction of sp³-hybridized carbons (Fsp3) is 0.667. The van der Waals surface area contributed by atoms with Crippen LogP contribution in [0.4, 0.5) is 0 Å². The van der Waals surface area contributed by atoms with Crippen molar-refractivity contribution in [2.75, 3.05) is 26.2 Å². The third-order valence-corrected chi connectivity index (χ3v) is 5.81. The van der Waals surface area contributed by atoms with Crippen molar-refractivity contribution in [1.29, 1.82) is 0 Å². The molecular formula is C18H29BrN2O2+2. The van der Waals surface area contributed by atoms with Gasteiger partial charge in [-0.05, 0) is 32.0 Å². The Labute approximate surface area is 147 Å². The van der Waals surface area contributed by atoms with E-state index in [1.54, 1.807) is 15.9 Å². The van der Waals surface area contributed by atoms with Crippen molar-refractivity contribution >= 4 is 15.9 Å². The topological polar surface area (TPSA) is 38.3 Å². The summed E-state index contributed by atoms with van der Waals surface area (Å²) in [5, 5.41) is 10.0. The second-order valence-corrected chi connectivity index (χ2v) is 8.21. The van der Waals surface area contributed by atoms with Gasteiger partial charge in [-0.1, -0.05) is 15.9 Å². The zero-order valence-corrected chi connectivity index (χ0v) is 15.7. The highest BCUT2D eigenvalue weighted by Crippen LogP contribution is 2.21. The number of phenols is 1. The van der Waals surface area contributed by atoms with E-state index >= 15 is 0 Å². The standard InChI is InChI=1S/C18H27BrN2O2/c1-13-10-21(11-14(2)23-13)17-5-7-20(8-6-17)12-15-9-16(19)3-4-18(15)22/h3-4,9,13-14,17,22H,5-8,10-12H2,1-2H3/p+2/t13-,14-/m1/s1. The van der Waals surface area contributed by atoms with E-state index in [0.717, 1.165) is 35.7 Å². The molecule has 1 aromatic carbocycles. The van der Waals surface area contributed by atoms with Crippen LogP contribution in [-0.4, -0.2) is 49.5 Å². The molecule has 2 fully saturated rings. The van der Waals surface area contributed by atoms with E-state index in [2.05, 4.69) is 29.8 Å². The fourth-order valence-corrected chi connectivity index (χ4v) is 4.63. The minimum atomic E-state index is 0.387. The van der Waals surface area contributed by atoms with E-state index in [-0.39, 0.29) is 0 Å². The quantitative estimate of drug-likeness (QED) is 0.705. The lowest BCUT2D eigenvalue weighted by molar-refractivity contribution is -0.970. The van der Waals surface area contributed by atoms with Crippen molar-refractivity contribution in [2.45, 2.75) is 51.5 Å². The molecule has 2 atom stereocenters. The van der Waals surface area contributed by atoms with Crippen LogP contribution in [-0.2, 0) is 11.3 Å². The van der Waals surface area contributed by atoms with Crippen LogP contribution in [0.15, 0.2) is 22.7 Å². The van der Waals surface area contributed by atoms with Crippen molar-refractivity contribution in [3.63, 3.8) is 0 Å². The summed E-state index contributed by atoms with van der Waals surface area (Å²) in [7, 11) is 0. The Morgan fingerprint density at radius 3 is 2.48 bits per heavy atom. The minimum absolute atomic E-state index is 0.387. The Morgan fingerprint density at radius 1 is 1.17 bits per heavy atom. The lowest BCUT2D eigenvalue weighted by atomic mass is 10.0. The summed E-state index contributed by atoms with van der Waals surface area (Å²) in [5.41, 5.74) is 1.05. The molecule has 2 aliphatic rings. The SMILES string of the molecule is C[C@@H]1C[NH+](C2CC[NH+](Cc3cc(Br)ccc3O)CC2)C[C@@H](C)O1. The molecule has 0 unspecified atom stereocenters. The van der Waals surface area contributed by atoms with Crippen molar-refractivity contribution in [1.82, 2.24) is 0 Å². The van der Waals surface area contributed by atoms with Gasteiger partial charge in [-0.15, -0.1) is 0 Å². The number of aromatic hydroxyl groups is 1. The van der Waals surface area contributed by atoms with Crippen LogP contribution in [0.3, 0.4) is 0 Å². The van der Waals surface area contributed by atoms with Gasteiger partial charge >= 0.3 is 0 Å². The number of quaternary nitrogens is 2. The molecule has 0 bridgehead atoms. The molecule has 1 aromatic rings. The number of hydrogen-bond acceptors (Lipinski definition) is 2. The molecule has 4 nitrogen and oxygen atoms in total. The first-order valence-electron chi connectivity index (χ1n) is 8.82. The van der Waals surface area contributed by atoms with Gasteiger partial charge in [-0.3, -0.25) is 0 Å². The molecule has 0 saturated carbocycles. The first-order valence-corrected chi connectivity index (χ1v) is 9.61. The zero-order chi connectivity index (χ0) is 16.4. The lowest BCUT2D eigenvalue weighted by Crippen LogP contribution is -3.22. The molecule has 3 N–H and O–H groups in total. The van der Waals surface area contributed by atoms with Crippen molar-refractivity contribution in [3.05, 3.63) is 28.2 Å². The number of ether oxygens (including phenoxy) is 1. The normalized spacial score (nSPS) is 35.2. The molecule has 2 aliphatic heterocycles. The van der Waals surface area contributed by atoms with Crippen LogP contribution in [0, 0.1) is 0 Å². The highest BCUT2D eigenvalue weighted by atomic mass is 79.9. The fourth-order valence-electron chi connectivity index (χ4n) is 4.22.